The largest absolute Gasteiger partial charge is 0.465 e. The highest BCUT2D eigenvalue weighted by molar-refractivity contribution is 5.91. The first-order valence-corrected chi connectivity index (χ1v) is 9.60. The van der Waals surface area contributed by atoms with Gasteiger partial charge in [0.2, 0.25) is 0 Å². The second-order valence-electron chi connectivity index (χ2n) is 7.21. The third-order valence-corrected chi connectivity index (χ3v) is 5.21. The molecule has 0 aromatic heterocycles. The molecule has 0 saturated heterocycles. The Hall–Kier alpha value is -2.64. The molecule has 2 aromatic carbocycles. The average Bonchev–Trinajstić information content (AvgIpc) is 2.73. The predicted octanol–water partition coefficient (Wildman–Crippen LogP) is 5.36. The summed E-state index contributed by atoms with van der Waals surface area (Å²) in [6.07, 6.45) is 6.66. The summed E-state index contributed by atoms with van der Waals surface area (Å²) in [5.41, 5.74) is 4.04. The first-order valence-electron chi connectivity index (χ1n) is 9.60. The van der Waals surface area contributed by atoms with E-state index in [1.807, 2.05) is 30.3 Å². The zero-order valence-electron chi connectivity index (χ0n) is 15.8. The zero-order valence-corrected chi connectivity index (χ0v) is 15.8. The summed E-state index contributed by atoms with van der Waals surface area (Å²) in [4.78, 5) is 15.6. The molecule has 0 amide bonds. The standard InChI is InChI=1S/C23H26N2O2/c1-24-22-10-6-9-19(14-22)20-11-18(12-21(13-20)23(26)27-2)16-25-15-17-7-4-3-5-8-17/h6,9-14,17,25H,3-5,7-8,15-16H2,2H3. The number of carbonyl (C=O) groups excluding carboxylic acids is 1. The van der Waals surface area contributed by atoms with Crippen molar-refractivity contribution in [2.75, 3.05) is 13.7 Å². The predicted molar refractivity (Wildman–Crippen MR) is 108 cm³/mol. The second-order valence-corrected chi connectivity index (χ2v) is 7.21. The summed E-state index contributed by atoms with van der Waals surface area (Å²) in [6, 6.07) is 13.3. The number of esters is 1. The molecule has 27 heavy (non-hydrogen) atoms. The van der Waals surface area contributed by atoms with Crippen molar-refractivity contribution in [1.82, 2.24) is 5.32 Å². The van der Waals surface area contributed by atoms with Crippen LogP contribution >= 0.6 is 0 Å². The molecule has 0 aliphatic heterocycles. The van der Waals surface area contributed by atoms with E-state index in [0.717, 1.165) is 35.7 Å². The first-order chi connectivity index (χ1) is 13.2. The number of carbonyl (C=O) groups is 1. The van der Waals surface area contributed by atoms with Crippen molar-refractivity contribution < 1.29 is 9.53 Å². The molecule has 0 unspecified atom stereocenters. The maximum atomic E-state index is 12.1. The Kier molecular flexibility index (Phi) is 6.62. The van der Waals surface area contributed by atoms with Crippen LogP contribution in [0.4, 0.5) is 5.69 Å². The van der Waals surface area contributed by atoms with Crippen molar-refractivity contribution in [2.24, 2.45) is 5.92 Å². The molecule has 0 spiro atoms. The number of hydrogen-bond donors (Lipinski definition) is 1. The molecule has 0 radical (unpaired) electrons. The molecule has 0 heterocycles. The van der Waals surface area contributed by atoms with E-state index in [-0.39, 0.29) is 5.97 Å². The van der Waals surface area contributed by atoms with Crippen LogP contribution in [0, 0.1) is 12.5 Å². The molecular weight excluding hydrogens is 336 g/mol. The van der Waals surface area contributed by atoms with Gasteiger partial charge in [-0.1, -0.05) is 37.5 Å². The monoisotopic (exact) mass is 362 g/mol. The van der Waals surface area contributed by atoms with Gasteiger partial charge >= 0.3 is 5.97 Å². The fourth-order valence-corrected chi connectivity index (χ4v) is 3.76. The average molecular weight is 362 g/mol. The van der Waals surface area contributed by atoms with E-state index < -0.39 is 0 Å². The lowest BCUT2D eigenvalue weighted by Crippen LogP contribution is -2.24. The minimum absolute atomic E-state index is 0.341. The van der Waals surface area contributed by atoms with E-state index in [4.69, 9.17) is 11.3 Å². The number of nitrogens with zero attached hydrogens (tertiary/aromatic N) is 1. The third-order valence-electron chi connectivity index (χ3n) is 5.21. The minimum atomic E-state index is -0.341. The van der Waals surface area contributed by atoms with Crippen LogP contribution in [0.15, 0.2) is 42.5 Å². The Morgan fingerprint density at radius 2 is 1.96 bits per heavy atom. The van der Waals surface area contributed by atoms with Crippen LogP contribution < -0.4 is 5.32 Å². The first kappa shape index (κ1) is 19.1. The molecule has 1 saturated carbocycles. The van der Waals surface area contributed by atoms with Crippen molar-refractivity contribution >= 4 is 11.7 Å². The van der Waals surface area contributed by atoms with E-state index in [9.17, 15) is 4.79 Å². The quantitative estimate of drug-likeness (QED) is 0.555. The van der Waals surface area contributed by atoms with Gasteiger partial charge in [0.25, 0.3) is 0 Å². The highest BCUT2D eigenvalue weighted by Gasteiger charge is 2.14. The number of nitrogens with one attached hydrogen (secondary N) is 1. The van der Waals surface area contributed by atoms with Gasteiger partial charge in [0.15, 0.2) is 5.69 Å². The van der Waals surface area contributed by atoms with Crippen LogP contribution in [0.2, 0.25) is 0 Å². The van der Waals surface area contributed by atoms with Crippen LogP contribution in [-0.2, 0) is 11.3 Å². The smallest absolute Gasteiger partial charge is 0.337 e. The Morgan fingerprint density at radius 3 is 2.70 bits per heavy atom. The van der Waals surface area contributed by atoms with Gasteiger partial charge < -0.3 is 10.1 Å². The molecule has 140 valence electrons. The zero-order chi connectivity index (χ0) is 19.1. The highest BCUT2D eigenvalue weighted by atomic mass is 16.5. The number of ether oxygens (including phenoxy) is 1. The van der Waals surface area contributed by atoms with Crippen LogP contribution in [0.25, 0.3) is 16.0 Å². The van der Waals surface area contributed by atoms with Crippen molar-refractivity contribution in [2.45, 2.75) is 38.6 Å². The van der Waals surface area contributed by atoms with Gasteiger partial charge in [-0.2, -0.15) is 0 Å². The van der Waals surface area contributed by atoms with Crippen molar-refractivity contribution in [3.05, 3.63) is 65.0 Å². The Labute approximate surface area is 161 Å². The molecule has 1 N–H and O–H groups in total. The van der Waals surface area contributed by atoms with Gasteiger partial charge in [-0.3, -0.25) is 0 Å². The summed E-state index contributed by atoms with van der Waals surface area (Å²) >= 11 is 0. The van der Waals surface area contributed by atoms with Crippen molar-refractivity contribution in [3.63, 3.8) is 0 Å². The summed E-state index contributed by atoms with van der Waals surface area (Å²) < 4.78 is 4.92. The van der Waals surface area contributed by atoms with Gasteiger partial charge in [0, 0.05) is 6.54 Å². The van der Waals surface area contributed by atoms with E-state index in [1.54, 1.807) is 6.07 Å². The van der Waals surface area contributed by atoms with E-state index in [2.05, 4.69) is 16.2 Å². The number of rotatable bonds is 6. The number of benzene rings is 2. The molecule has 1 aliphatic rings. The SMILES string of the molecule is [C-]#[N+]c1cccc(-c2cc(CNCC3CCCCC3)cc(C(=O)OC)c2)c1. The summed E-state index contributed by atoms with van der Waals surface area (Å²) in [7, 11) is 1.40. The number of hydrogen-bond acceptors (Lipinski definition) is 3. The third kappa shape index (κ3) is 5.18. The van der Waals surface area contributed by atoms with Crippen LogP contribution in [-0.4, -0.2) is 19.6 Å². The summed E-state index contributed by atoms with van der Waals surface area (Å²) in [5.74, 6) is 0.420. The summed E-state index contributed by atoms with van der Waals surface area (Å²) in [5, 5.41) is 3.56. The lowest BCUT2D eigenvalue weighted by molar-refractivity contribution is 0.0600. The molecule has 0 bridgehead atoms. The molecule has 0 atom stereocenters. The van der Waals surface area contributed by atoms with Gasteiger partial charge in [-0.25, -0.2) is 9.64 Å². The molecule has 4 nitrogen and oxygen atoms in total. The molecule has 4 heteroatoms. The fourth-order valence-electron chi connectivity index (χ4n) is 3.76. The van der Waals surface area contributed by atoms with Gasteiger partial charge in [-0.15, -0.1) is 0 Å². The minimum Gasteiger partial charge on any atom is -0.465 e. The lowest BCUT2D eigenvalue weighted by Gasteiger charge is -2.22. The molecule has 1 fully saturated rings. The molecule has 2 aromatic rings. The Balaban J connectivity index is 1.79. The van der Waals surface area contributed by atoms with Gasteiger partial charge in [-0.05, 0) is 66.3 Å². The van der Waals surface area contributed by atoms with Crippen molar-refractivity contribution in [1.29, 1.82) is 0 Å². The Bertz CT molecular complexity index is 833. The normalized spacial score (nSPS) is 14.5. The van der Waals surface area contributed by atoms with Crippen LogP contribution in [0.5, 0.6) is 0 Å². The van der Waals surface area contributed by atoms with Gasteiger partial charge in [0.1, 0.15) is 0 Å². The van der Waals surface area contributed by atoms with E-state index >= 15 is 0 Å². The maximum absolute atomic E-state index is 12.1. The van der Waals surface area contributed by atoms with Crippen molar-refractivity contribution in [3.8, 4) is 11.1 Å². The lowest BCUT2D eigenvalue weighted by atomic mass is 9.89. The molecular formula is C23H26N2O2. The van der Waals surface area contributed by atoms with Crippen LogP contribution in [0.3, 0.4) is 0 Å². The van der Waals surface area contributed by atoms with Crippen LogP contribution in [0.1, 0.15) is 48.0 Å². The van der Waals surface area contributed by atoms with E-state index in [1.165, 1.54) is 39.2 Å². The topological polar surface area (TPSA) is 42.7 Å². The Morgan fingerprint density at radius 1 is 1.15 bits per heavy atom. The van der Waals surface area contributed by atoms with E-state index in [0.29, 0.717) is 11.3 Å². The maximum Gasteiger partial charge on any atom is 0.337 e. The molecule has 1 aliphatic carbocycles. The number of methoxy groups -OCH3 is 1. The second kappa shape index (κ2) is 9.34. The highest BCUT2D eigenvalue weighted by Crippen LogP contribution is 2.27. The molecule has 3 rings (SSSR count). The summed E-state index contributed by atoms with van der Waals surface area (Å²) in [6.45, 7) is 8.95. The fraction of sp³-hybridized carbons (Fsp3) is 0.391. The van der Waals surface area contributed by atoms with Gasteiger partial charge in [0.05, 0.1) is 19.2 Å².